The van der Waals surface area contributed by atoms with E-state index < -0.39 is 0 Å². The number of nitrogens with one attached hydrogen (secondary N) is 1. The molecule has 1 nitrogen and oxygen atoms in total. The molecule has 2 unspecified atom stereocenters. The predicted molar refractivity (Wildman–Crippen MR) is 81.2 cm³/mol. The lowest BCUT2D eigenvalue weighted by Gasteiger charge is -2.25. The lowest BCUT2D eigenvalue weighted by Crippen LogP contribution is -2.37. The molecule has 0 saturated heterocycles. The second kappa shape index (κ2) is 7.91. The summed E-state index contributed by atoms with van der Waals surface area (Å²) in [6.45, 7) is 3.29. The van der Waals surface area contributed by atoms with Gasteiger partial charge in [0.25, 0.3) is 0 Å². The Kier molecular flexibility index (Phi) is 6.18. The van der Waals surface area contributed by atoms with E-state index in [0.717, 1.165) is 11.4 Å². The molecule has 0 bridgehead atoms. The van der Waals surface area contributed by atoms with Crippen LogP contribution in [-0.4, -0.2) is 17.8 Å². The first kappa shape index (κ1) is 14.9. The molecule has 0 heterocycles. The largest absolute Gasteiger partial charge is 0.313 e. The van der Waals surface area contributed by atoms with Crippen molar-refractivity contribution in [3.05, 3.63) is 30.1 Å². The van der Waals surface area contributed by atoms with Crippen molar-refractivity contribution in [1.29, 1.82) is 0 Å². The van der Waals surface area contributed by atoms with Gasteiger partial charge < -0.3 is 5.32 Å². The van der Waals surface area contributed by atoms with Crippen LogP contribution in [-0.2, 0) is 0 Å². The molecule has 0 aromatic heterocycles. The van der Waals surface area contributed by atoms with Crippen LogP contribution in [0.1, 0.15) is 45.4 Å². The molecule has 106 valence electrons. The van der Waals surface area contributed by atoms with Gasteiger partial charge >= 0.3 is 0 Å². The molecule has 1 aromatic carbocycles. The topological polar surface area (TPSA) is 12.0 Å². The van der Waals surface area contributed by atoms with Gasteiger partial charge in [0.1, 0.15) is 5.82 Å². The van der Waals surface area contributed by atoms with Crippen molar-refractivity contribution in [1.82, 2.24) is 5.32 Å². The van der Waals surface area contributed by atoms with Crippen LogP contribution < -0.4 is 5.32 Å². The van der Waals surface area contributed by atoms with Gasteiger partial charge in [-0.15, -0.1) is 11.8 Å². The van der Waals surface area contributed by atoms with Gasteiger partial charge in [-0.2, -0.15) is 0 Å². The molecule has 1 aliphatic carbocycles. The SMILES string of the molecule is CCCNC1CCCCCC1Sc1cccc(F)c1. The van der Waals surface area contributed by atoms with Gasteiger partial charge in [-0.05, 0) is 44.0 Å². The van der Waals surface area contributed by atoms with Crippen molar-refractivity contribution in [2.24, 2.45) is 0 Å². The van der Waals surface area contributed by atoms with Gasteiger partial charge in [-0.1, -0.05) is 32.3 Å². The molecule has 1 aromatic rings. The molecule has 1 aliphatic rings. The molecule has 0 amide bonds. The van der Waals surface area contributed by atoms with E-state index in [2.05, 4.69) is 12.2 Å². The van der Waals surface area contributed by atoms with Crippen molar-refractivity contribution >= 4 is 11.8 Å². The number of hydrogen-bond donors (Lipinski definition) is 1. The third kappa shape index (κ3) is 4.81. The van der Waals surface area contributed by atoms with Crippen LogP contribution in [0.5, 0.6) is 0 Å². The first-order chi connectivity index (χ1) is 9.29. The molecule has 1 saturated carbocycles. The van der Waals surface area contributed by atoms with Crippen molar-refractivity contribution < 1.29 is 4.39 Å². The minimum atomic E-state index is -0.128. The Morgan fingerprint density at radius 1 is 1.26 bits per heavy atom. The van der Waals surface area contributed by atoms with E-state index in [9.17, 15) is 4.39 Å². The Labute approximate surface area is 120 Å². The third-order valence-electron chi connectivity index (χ3n) is 3.69. The predicted octanol–water partition coefficient (Wildman–Crippen LogP) is 4.62. The summed E-state index contributed by atoms with van der Waals surface area (Å²) in [5.74, 6) is -0.128. The summed E-state index contributed by atoms with van der Waals surface area (Å²) in [5.41, 5.74) is 0. The average molecular weight is 281 g/mol. The molecule has 0 aliphatic heterocycles. The molecule has 2 atom stereocenters. The van der Waals surface area contributed by atoms with Crippen LogP contribution in [0, 0.1) is 5.82 Å². The maximum absolute atomic E-state index is 13.3. The van der Waals surface area contributed by atoms with Gasteiger partial charge in [0, 0.05) is 16.2 Å². The summed E-state index contributed by atoms with van der Waals surface area (Å²) in [7, 11) is 0. The van der Waals surface area contributed by atoms with E-state index in [-0.39, 0.29) is 5.82 Å². The number of halogens is 1. The lowest BCUT2D eigenvalue weighted by atomic mass is 10.1. The van der Waals surface area contributed by atoms with Crippen LogP contribution in [0.4, 0.5) is 4.39 Å². The van der Waals surface area contributed by atoms with Crippen LogP contribution in [0.2, 0.25) is 0 Å². The highest BCUT2D eigenvalue weighted by Gasteiger charge is 2.24. The van der Waals surface area contributed by atoms with E-state index in [1.54, 1.807) is 6.07 Å². The van der Waals surface area contributed by atoms with Gasteiger partial charge in [0.05, 0.1) is 0 Å². The van der Waals surface area contributed by atoms with Crippen LogP contribution in [0.25, 0.3) is 0 Å². The van der Waals surface area contributed by atoms with Crippen LogP contribution >= 0.6 is 11.8 Å². The lowest BCUT2D eigenvalue weighted by molar-refractivity contribution is 0.470. The normalized spacial score (nSPS) is 24.1. The molecular weight excluding hydrogens is 257 g/mol. The second-order valence-electron chi connectivity index (χ2n) is 5.31. The van der Waals surface area contributed by atoms with Gasteiger partial charge in [-0.3, -0.25) is 0 Å². The molecule has 3 heteroatoms. The number of rotatable bonds is 5. The zero-order chi connectivity index (χ0) is 13.5. The van der Waals surface area contributed by atoms with Gasteiger partial charge in [-0.25, -0.2) is 4.39 Å². The summed E-state index contributed by atoms with van der Waals surface area (Å²) in [4.78, 5) is 1.06. The fourth-order valence-corrected chi connectivity index (χ4v) is 4.06. The first-order valence-electron chi connectivity index (χ1n) is 7.45. The van der Waals surface area contributed by atoms with Crippen molar-refractivity contribution in [3.63, 3.8) is 0 Å². The van der Waals surface area contributed by atoms with Crippen molar-refractivity contribution in [2.45, 2.75) is 61.6 Å². The maximum Gasteiger partial charge on any atom is 0.124 e. The molecule has 1 fully saturated rings. The fourth-order valence-electron chi connectivity index (χ4n) is 2.69. The summed E-state index contributed by atoms with van der Waals surface area (Å²) in [5, 5.41) is 4.26. The van der Waals surface area contributed by atoms with Crippen molar-refractivity contribution in [2.75, 3.05) is 6.54 Å². The Morgan fingerprint density at radius 2 is 2.11 bits per heavy atom. The molecule has 1 N–H and O–H groups in total. The Hall–Kier alpha value is -0.540. The van der Waals surface area contributed by atoms with Crippen LogP contribution in [0.15, 0.2) is 29.2 Å². The summed E-state index contributed by atoms with van der Waals surface area (Å²) < 4.78 is 13.3. The van der Waals surface area contributed by atoms with E-state index in [1.807, 2.05) is 23.9 Å². The Balaban J connectivity index is 2.00. The Bertz CT molecular complexity index is 383. The highest BCUT2D eigenvalue weighted by Crippen LogP contribution is 2.33. The van der Waals surface area contributed by atoms with Gasteiger partial charge in [0.2, 0.25) is 0 Å². The zero-order valence-corrected chi connectivity index (χ0v) is 12.5. The van der Waals surface area contributed by atoms with E-state index in [4.69, 9.17) is 0 Å². The minimum absolute atomic E-state index is 0.128. The fraction of sp³-hybridized carbons (Fsp3) is 0.625. The van der Waals surface area contributed by atoms with E-state index in [0.29, 0.717) is 11.3 Å². The first-order valence-corrected chi connectivity index (χ1v) is 8.33. The molecule has 0 spiro atoms. The Morgan fingerprint density at radius 3 is 2.89 bits per heavy atom. The quantitative estimate of drug-likeness (QED) is 0.790. The number of benzene rings is 1. The smallest absolute Gasteiger partial charge is 0.124 e. The molecule has 0 radical (unpaired) electrons. The summed E-state index contributed by atoms with van der Waals surface area (Å²) >= 11 is 1.85. The molecular formula is C16H24FNS. The van der Waals surface area contributed by atoms with Crippen molar-refractivity contribution in [3.8, 4) is 0 Å². The maximum atomic E-state index is 13.3. The molecule has 19 heavy (non-hydrogen) atoms. The molecule has 2 rings (SSSR count). The average Bonchev–Trinajstić information content (AvgIpc) is 2.62. The van der Waals surface area contributed by atoms with E-state index >= 15 is 0 Å². The number of thioether (sulfide) groups is 1. The summed E-state index contributed by atoms with van der Waals surface area (Å²) in [6, 6.07) is 7.59. The monoisotopic (exact) mass is 281 g/mol. The highest BCUT2D eigenvalue weighted by molar-refractivity contribution is 8.00. The summed E-state index contributed by atoms with van der Waals surface area (Å²) in [6.07, 6.45) is 7.63. The van der Waals surface area contributed by atoms with Gasteiger partial charge in [0.15, 0.2) is 0 Å². The second-order valence-corrected chi connectivity index (χ2v) is 6.62. The van der Waals surface area contributed by atoms with E-state index in [1.165, 1.54) is 44.6 Å². The highest BCUT2D eigenvalue weighted by atomic mass is 32.2. The zero-order valence-electron chi connectivity index (χ0n) is 11.7. The van der Waals surface area contributed by atoms with Crippen LogP contribution in [0.3, 0.4) is 0 Å². The standard InChI is InChI=1S/C16H24FNS/c1-2-11-18-15-9-4-3-5-10-16(15)19-14-8-6-7-13(17)12-14/h6-8,12,15-16,18H,2-5,9-11H2,1H3. The number of hydrogen-bond acceptors (Lipinski definition) is 2. The third-order valence-corrected chi connectivity index (χ3v) is 5.09. The minimum Gasteiger partial charge on any atom is -0.313 e.